The van der Waals surface area contributed by atoms with Gasteiger partial charge in [0.1, 0.15) is 12.1 Å². The molecule has 1 aliphatic rings. The highest BCUT2D eigenvalue weighted by atomic mass is 35.5. The van der Waals surface area contributed by atoms with Crippen molar-refractivity contribution in [2.45, 2.75) is 25.5 Å². The van der Waals surface area contributed by atoms with Crippen LogP contribution in [0.15, 0.2) is 12.1 Å². The molecule has 1 aromatic rings. The molecule has 1 saturated heterocycles. The zero-order chi connectivity index (χ0) is 18.1. The third-order valence-electron chi connectivity index (χ3n) is 3.76. The van der Waals surface area contributed by atoms with E-state index in [2.05, 4.69) is 9.46 Å². The summed E-state index contributed by atoms with van der Waals surface area (Å²) in [5, 5.41) is 18.8. The van der Waals surface area contributed by atoms with Gasteiger partial charge in [-0.25, -0.2) is 0 Å². The van der Waals surface area contributed by atoms with Crippen LogP contribution >= 0.6 is 11.6 Å². The van der Waals surface area contributed by atoms with Crippen LogP contribution in [0.2, 0.25) is 5.02 Å². The SMILES string of the molecule is COC(=O)C1CC(O)CN1S(=O)(=O)Nc1ccc(C#N)c(Cl)c1C. The van der Waals surface area contributed by atoms with Gasteiger partial charge in [-0.1, -0.05) is 11.6 Å². The number of rotatable bonds is 4. The summed E-state index contributed by atoms with van der Waals surface area (Å²) in [5.41, 5.74) is 0.791. The topological polar surface area (TPSA) is 120 Å². The minimum Gasteiger partial charge on any atom is -0.468 e. The van der Waals surface area contributed by atoms with Gasteiger partial charge in [0.25, 0.3) is 0 Å². The zero-order valence-electron chi connectivity index (χ0n) is 13.0. The second kappa shape index (κ2) is 6.94. The van der Waals surface area contributed by atoms with Crippen molar-refractivity contribution >= 4 is 33.5 Å². The maximum Gasteiger partial charge on any atom is 0.324 e. The van der Waals surface area contributed by atoms with Crippen molar-refractivity contribution in [3.05, 3.63) is 28.3 Å². The van der Waals surface area contributed by atoms with Crippen LogP contribution in [0.5, 0.6) is 0 Å². The van der Waals surface area contributed by atoms with Gasteiger partial charge in [0.15, 0.2) is 0 Å². The normalized spacial score (nSPS) is 21.3. The molecule has 1 aliphatic heterocycles. The first-order valence-corrected chi connectivity index (χ1v) is 8.77. The number of benzene rings is 1. The third kappa shape index (κ3) is 3.47. The molecule has 130 valence electrons. The van der Waals surface area contributed by atoms with E-state index in [1.807, 2.05) is 6.07 Å². The monoisotopic (exact) mass is 373 g/mol. The summed E-state index contributed by atoms with van der Waals surface area (Å²) >= 11 is 6.03. The van der Waals surface area contributed by atoms with Crippen molar-refractivity contribution in [2.24, 2.45) is 0 Å². The van der Waals surface area contributed by atoms with E-state index in [9.17, 15) is 18.3 Å². The summed E-state index contributed by atoms with van der Waals surface area (Å²) < 4.78 is 33.0. The Hall–Kier alpha value is -1.86. The van der Waals surface area contributed by atoms with Gasteiger partial charge in [-0.2, -0.15) is 18.0 Å². The predicted octanol–water partition coefficient (Wildman–Crippen LogP) is 0.785. The van der Waals surface area contributed by atoms with E-state index >= 15 is 0 Å². The molecule has 0 radical (unpaired) electrons. The number of nitrogens with one attached hydrogen (secondary N) is 1. The number of hydrogen-bond donors (Lipinski definition) is 2. The first kappa shape index (κ1) is 18.5. The Bertz CT molecular complexity index is 805. The van der Waals surface area contributed by atoms with Crippen LogP contribution in [0.25, 0.3) is 0 Å². The van der Waals surface area contributed by atoms with E-state index in [-0.39, 0.29) is 29.2 Å². The first-order valence-electron chi connectivity index (χ1n) is 6.96. The average Bonchev–Trinajstić information content (AvgIpc) is 2.94. The molecule has 0 bridgehead atoms. The number of nitrogens with zero attached hydrogens (tertiary/aromatic N) is 2. The van der Waals surface area contributed by atoms with Gasteiger partial charge in [0.05, 0.1) is 29.5 Å². The molecule has 0 amide bonds. The summed E-state index contributed by atoms with van der Waals surface area (Å²) in [5.74, 6) is -0.744. The summed E-state index contributed by atoms with van der Waals surface area (Å²) in [7, 11) is -2.98. The molecule has 24 heavy (non-hydrogen) atoms. The maximum atomic E-state index is 12.6. The molecule has 10 heteroatoms. The first-order chi connectivity index (χ1) is 11.2. The van der Waals surface area contributed by atoms with E-state index in [1.54, 1.807) is 6.92 Å². The number of β-amino-alcohol motifs (C(OH)–C–C–N with tert-alkyl or cyclic N) is 1. The maximum absolute atomic E-state index is 12.6. The molecule has 0 aromatic heterocycles. The number of ether oxygens (including phenoxy) is 1. The Morgan fingerprint density at radius 3 is 2.79 bits per heavy atom. The van der Waals surface area contributed by atoms with Gasteiger partial charge < -0.3 is 9.84 Å². The quantitative estimate of drug-likeness (QED) is 0.753. The number of carbonyl (C=O) groups excluding carboxylic acids is 1. The van der Waals surface area contributed by atoms with Crippen LogP contribution in [0.3, 0.4) is 0 Å². The lowest BCUT2D eigenvalue weighted by Crippen LogP contribution is -2.44. The van der Waals surface area contributed by atoms with Crippen molar-refractivity contribution < 1.29 is 23.1 Å². The molecule has 2 N–H and O–H groups in total. The number of carbonyl (C=O) groups is 1. The van der Waals surface area contributed by atoms with E-state index in [0.717, 1.165) is 11.4 Å². The van der Waals surface area contributed by atoms with Crippen LogP contribution in [0.1, 0.15) is 17.5 Å². The van der Waals surface area contributed by atoms with Crippen molar-refractivity contribution in [2.75, 3.05) is 18.4 Å². The van der Waals surface area contributed by atoms with Crippen LogP contribution < -0.4 is 4.72 Å². The largest absolute Gasteiger partial charge is 0.468 e. The number of halogens is 1. The van der Waals surface area contributed by atoms with Crippen molar-refractivity contribution in [3.8, 4) is 6.07 Å². The highest BCUT2D eigenvalue weighted by Crippen LogP contribution is 2.30. The second-order valence-electron chi connectivity index (χ2n) is 5.32. The Kier molecular flexibility index (Phi) is 5.35. The average molecular weight is 374 g/mol. The van der Waals surface area contributed by atoms with Gasteiger partial charge in [0.2, 0.25) is 0 Å². The van der Waals surface area contributed by atoms with E-state index in [0.29, 0.717) is 5.56 Å². The van der Waals surface area contributed by atoms with Crippen LogP contribution in [-0.2, 0) is 19.7 Å². The number of anilines is 1. The molecular formula is C14H16ClN3O5S. The molecule has 2 atom stereocenters. The lowest BCUT2D eigenvalue weighted by atomic mass is 10.1. The standard InChI is InChI=1S/C14H16ClN3O5S/c1-8-11(4-3-9(6-16)13(8)15)17-24(21,22)18-7-10(19)5-12(18)14(20)23-2/h3-4,10,12,17,19H,5,7H2,1-2H3. The zero-order valence-corrected chi connectivity index (χ0v) is 14.6. The lowest BCUT2D eigenvalue weighted by molar-refractivity contribution is -0.144. The van der Waals surface area contributed by atoms with Crippen molar-refractivity contribution in [1.82, 2.24) is 4.31 Å². The third-order valence-corrected chi connectivity index (χ3v) is 5.75. The number of nitriles is 1. The Morgan fingerprint density at radius 1 is 1.54 bits per heavy atom. The number of aliphatic hydroxyl groups excluding tert-OH is 1. The number of aliphatic hydroxyl groups is 1. The summed E-state index contributed by atoms with van der Waals surface area (Å²) in [6.45, 7) is 1.34. The molecule has 0 aliphatic carbocycles. The fraction of sp³-hybridized carbons (Fsp3) is 0.429. The second-order valence-corrected chi connectivity index (χ2v) is 7.32. The number of methoxy groups -OCH3 is 1. The molecule has 2 unspecified atom stereocenters. The van der Waals surface area contributed by atoms with Gasteiger partial charge >= 0.3 is 16.2 Å². The van der Waals surface area contributed by atoms with E-state index < -0.39 is 28.3 Å². The van der Waals surface area contributed by atoms with Gasteiger partial charge in [-0.3, -0.25) is 9.52 Å². The Labute approximate surface area is 144 Å². The summed E-state index contributed by atoms with van der Waals surface area (Å²) in [4.78, 5) is 11.7. The van der Waals surface area contributed by atoms with Crippen LogP contribution in [-0.4, -0.2) is 49.6 Å². The highest BCUT2D eigenvalue weighted by Gasteiger charge is 2.43. The molecule has 2 rings (SSSR count). The van der Waals surface area contributed by atoms with Gasteiger partial charge in [0, 0.05) is 13.0 Å². The van der Waals surface area contributed by atoms with Crippen molar-refractivity contribution in [1.29, 1.82) is 5.26 Å². The van der Waals surface area contributed by atoms with E-state index in [4.69, 9.17) is 16.9 Å². The number of esters is 1. The molecule has 1 aromatic carbocycles. The predicted molar refractivity (Wildman–Crippen MR) is 86.6 cm³/mol. The summed E-state index contributed by atoms with van der Waals surface area (Å²) in [6.07, 6.45) is -1.00. The van der Waals surface area contributed by atoms with Crippen LogP contribution in [0, 0.1) is 18.3 Å². The molecule has 1 heterocycles. The minimum atomic E-state index is -4.13. The molecule has 1 fully saturated rings. The van der Waals surface area contributed by atoms with E-state index in [1.165, 1.54) is 12.1 Å². The van der Waals surface area contributed by atoms with Gasteiger partial charge in [-0.05, 0) is 24.6 Å². The smallest absolute Gasteiger partial charge is 0.324 e. The molecular weight excluding hydrogens is 358 g/mol. The fourth-order valence-electron chi connectivity index (χ4n) is 2.48. The summed E-state index contributed by atoms with van der Waals surface area (Å²) in [6, 6.07) is 3.61. The number of hydrogen-bond acceptors (Lipinski definition) is 6. The fourth-order valence-corrected chi connectivity index (χ4v) is 4.18. The van der Waals surface area contributed by atoms with Gasteiger partial charge in [-0.15, -0.1) is 0 Å². The Balaban J connectivity index is 2.33. The minimum absolute atomic E-state index is 0.0410. The molecule has 0 saturated carbocycles. The van der Waals surface area contributed by atoms with Crippen LogP contribution in [0.4, 0.5) is 5.69 Å². The Morgan fingerprint density at radius 2 is 2.21 bits per heavy atom. The highest BCUT2D eigenvalue weighted by molar-refractivity contribution is 7.90. The molecule has 8 nitrogen and oxygen atoms in total. The molecule has 0 spiro atoms. The lowest BCUT2D eigenvalue weighted by Gasteiger charge is -2.23. The van der Waals surface area contributed by atoms with Crippen molar-refractivity contribution in [3.63, 3.8) is 0 Å².